The van der Waals surface area contributed by atoms with Crippen molar-refractivity contribution in [2.24, 2.45) is 0 Å². The lowest BCUT2D eigenvalue weighted by Crippen LogP contribution is -2.55. The van der Waals surface area contributed by atoms with E-state index < -0.39 is 36.3 Å². The first kappa shape index (κ1) is 27.6. The largest absolute Gasteiger partial charge is 0.444 e. The number of likely N-dealkylation sites (N-methyl/N-ethyl adjacent to an activating group) is 1. The van der Waals surface area contributed by atoms with Crippen LogP contribution in [0.4, 0.5) is 4.79 Å². The molecule has 0 bridgehead atoms. The quantitative estimate of drug-likeness (QED) is 0.533. The number of hydrogen-bond donors (Lipinski definition) is 3. The van der Waals surface area contributed by atoms with Gasteiger partial charge in [0.2, 0.25) is 11.8 Å². The van der Waals surface area contributed by atoms with Crippen LogP contribution in [0.25, 0.3) is 0 Å². The maximum Gasteiger partial charge on any atom is 0.408 e. The second-order valence-electron chi connectivity index (χ2n) is 10.1. The Labute approximate surface area is 203 Å². The van der Waals surface area contributed by atoms with E-state index in [1.165, 1.54) is 11.3 Å². The van der Waals surface area contributed by atoms with Crippen molar-refractivity contribution < 1.29 is 24.2 Å². The maximum atomic E-state index is 13.6. The van der Waals surface area contributed by atoms with E-state index in [9.17, 15) is 19.5 Å². The number of hydrogen-bond acceptors (Lipinski definition) is 5. The second-order valence-corrected chi connectivity index (χ2v) is 10.1. The third kappa shape index (κ3) is 7.72. The Hall–Kier alpha value is -2.61. The summed E-state index contributed by atoms with van der Waals surface area (Å²) in [7, 11) is 0. The number of nitrogens with one attached hydrogen (secondary N) is 2. The smallest absolute Gasteiger partial charge is 0.408 e. The van der Waals surface area contributed by atoms with Crippen molar-refractivity contribution in [1.82, 2.24) is 15.5 Å². The van der Waals surface area contributed by atoms with Gasteiger partial charge in [0.25, 0.3) is 0 Å². The van der Waals surface area contributed by atoms with Crippen molar-refractivity contribution in [2.45, 2.75) is 97.4 Å². The Morgan fingerprint density at radius 2 is 1.79 bits per heavy atom. The molecule has 2 atom stereocenters. The number of alkyl carbamates (subject to hydrolysis) is 1. The molecule has 2 unspecified atom stereocenters. The number of aliphatic hydroxyl groups is 1. The fourth-order valence-corrected chi connectivity index (χ4v) is 4.41. The molecule has 1 aliphatic carbocycles. The minimum atomic E-state index is -1.23. The van der Waals surface area contributed by atoms with Crippen LogP contribution < -0.4 is 10.6 Å². The number of ether oxygens (including phenoxy) is 1. The normalized spacial score (nSPS) is 16.3. The van der Waals surface area contributed by atoms with Crippen LogP contribution in [0, 0.1) is 13.8 Å². The zero-order valence-electron chi connectivity index (χ0n) is 21.4. The zero-order chi connectivity index (χ0) is 25.5. The van der Waals surface area contributed by atoms with Crippen LogP contribution in [-0.2, 0) is 14.3 Å². The summed E-state index contributed by atoms with van der Waals surface area (Å²) in [5.41, 5.74) is 1.93. The van der Waals surface area contributed by atoms with Crippen LogP contribution in [0.3, 0.4) is 0 Å². The first-order valence-electron chi connectivity index (χ1n) is 12.2. The number of benzene rings is 1. The van der Waals surface area contributed by atoms with E-state index in [1.807, 2.05) is 32.0 Å². The first-order chi connectivity index (χ1) is 16.0. The van der Waals surface area contributed by atoms with Gasteiger partial charge in [0.05, 0.1) is 6.61 Å². The van der Waals surface area contributed by atoms with E-state index in [-0.39, 0.29) is 18.5 Å². The van der Waals surface area contributed by atoms with Crippen molar-refractivity contribution in [3.63, 3.8) is 0 Å². The van der Waals surface area contributed by atoms with Gasteiger partial charge in [-0.15, -0.1) is 0 Å². The lowest BCUT2D eigenvalue weighted by Gasteiger charge is -2.35. The number of nitrogens with zero attached hydrogens (tertiary/aromatic N) is 1. The number of carbonyl (C=O) groups is 3. The molecular formula is C26H41N3O5. The van der Waals surface area contributed by atoms with Crippen LogP contribution in [0.2, 0.25) is 0 Å². The average Bonchev–Trinajstić information content (AvgIpc) is 2.75. The molecule has 0 aromatic heterocycles. The molecule has 190 valence electrons. The van der Waals surface area contributed by atoms with E-state index in [2.05, 4.69) is 10.6 Å². The average molecular weight is 476 g/mol. The predicted molar refractivity (Wildman–Crippen MR) is 131 cm³/mol. The van der Waals surface area contributed by atoms with Crippen LogP contribution in [0.1, 0.15) is 82.5 Å². The Morgan fingerprint density at radius 3 is 2.32 bits per heavy atom. The lowest BCUT2D eigenvalue weighted by molar-refractivity contribution is -0.143. The van der Waals surface area contributed by atoms with Crippen LogP contribution in [0.5, 0.6) is 0 Å². The molecule has 1 aromatic rings. The molecule has 0 spiro atoms. The Morgan fingerprint density at radius 1 is 1.15 bits per heavy atom. The molecule has 3 amide bonds. The van der Waals surface area contributed by atoms with Gasteiger partial charge < -0.3 is 25.4 Å². The molecule has 1 aliphatic rings. The SMILES string of the molecule is CCN(C(=O)C(CO)NC(=O)OC(C)(C)C)C(C(=O)NC1CCCCC1)c1ccc(C)cc1C. The number of aryl methyl sites for hydroxylation is 2. The highest BCUT2D eigenvalue weighted by atomic mass is 16.6. The fourth-order valence-electron chi connectivity index (χ4n) is 4.41. The van der Waals surface area contributed by atoms with E-state index >= 15 is 0 Å². The lowest BCUT2D eigenvalue weighted by atomic mass is 9.93. The summed E-state index contributed by atoms with van der Waals surface area (Å²) in [6, 6.07) is 3.75. The van der Waals surface area contributed by atoms with E-state index in [0.29, 0.717) is 0 Å². The summed E-state index contributed by atoms with van der Waals surface area (Å²) in [5.74, 6) is -0.789. The second kappa shape index (κ2) is 12.2. The predicted octanol–water partition coefficient (Wildman–Crippen LogP) is 3.53. The molecular weight excluding hydrogens is 434 g/mol. The van der Waals surface area contributed by atoms with Crippen LogP contribution in [0.15, 0.2) is 18.2 Å². The molecule has 1 saturated carbocycles. The van der Waals surface area contributed by atoms with Gasteiger partial charge in [-0.05, 0) is 65.5 Å². The van der Waals surface area contributed by atoms with Gasteiger partial charge in [-0.2, -0.15) is 0 Å². The third-order valence-corrected chi connectivity index (χ3v) is 6.03. The molecule has 1 fully saturated rings. The van der Waals surface area contributed by atoms with E-state index in [0.717, 1.165) is 42.4 Å². The first-order valence-corrected chi connectivity index (χ1v) is 12.2. The van der Waals surface area contributed by atoms with Gasteiger partial charge in [-0.3, -0.25) is 9.59 Å². The molecule has 0 aliphatic heterocycles. The summed E-state index contributed by atoms with van der Waals surface area (Å²) in [4.78, 5) is 40.8. The fraction of sp³-hybridized carbons (Fsp3) is 0.654. The molecule has 0 radical (unpaired) electrons. The Kier molecular flexibility index (Phi) is 9.91. The number of aliphatic hydroxyl groups excluding tert-OH is 1. The number of carbonyl (C=O) groups excluding carboxylic acids is 3. The van der Waals surface area contributed by atoms with Gasteiger partial charge in [-0.1, -0.05) is 43.0 Å². The van der Waals surface area contributed by atoms with Gasteiger partial charge in [0, 0.05) is 12.6 Å². The topological polar surface area (TPSA) is 108 Å². The standard InChI is InChI=1S/C26H41N3O5/c1-7-29(24(32)21(16-30)28-25(33)34-26(4,5)6)22(20-14-13-17(2)15-18(20)3)23(31)27-19-11-9-8-10-12-19/h13-15,19,21-22,30H,7-12,16H2,1-6H3,(H,27,31)(H,28,33). The highest BCUT2D eigenvalue weighted by Gasteiger charge is 2.36. The number of amides is 3. The highest BCUT2D eigenvalue weighted by molar-refractivity contribution is 5.92. The van der Waals surface area contributed by atoms with Gasteiger partial charge >= 0.3 is 6.09 Å². The summed E-state index contributed by atoms with van der Waals surface area (Å²) < 4.78 is 5.25. The molecule has 0 saturated heterocycles. The van der Waals surface area contributed by atoms with E-state index in [1.54, 1.807) is 27.7 Å². The zero-order valence-corrected chi connectivity index (χ0v) is 21.4. The Bertz CT molecular complexity index is 858. The van der Waals surface area contributed by atoms with Crippen LogP contribution >= 0.6 is 0 Å². The molecule has 8 heteroatoms. The van der Waals surface area contributed by atoms with Crippen molar-refractivity contribution >= 4 is 17.9 Å². The molecule has 34 heavy (non-hydrogen) atoms. The minimum absolute atomic E-state index is 0.0804. The molecule has 3 N–H and O–H groups in total. The molecule has 8 nitrogen and oxygen atoms in total. The summed E-state index contributed by atoms with van der Waals surface area (Å²) >= 11 is 0. The third-order valence-electron chi connectivity index (χ3n) is 6.03. The maximum absolute atomic E-state index is 13.6. The van der Waals surface area contributed by atoms with Crippen molar-refractivity contribution in [1.29, 1.82) is 0 Å². The van der Waals surface area contributed by atoms with Gasteiger partial charge in [-0.25, -0.2) is 4.79 Å². The summed E-state index contributed by atoms with van der Waals surface area (Å²) in [5, 5.41) is 15.5. The number of rotatable bonds is 8. The summed E-state index contributed by atoms with van der Waals surface area (Å²) in [6.45, 7) is 10.4. The molecule has 1 aromatic carbocycles. The van der Waals surface area contributed by atoms with Crippen molar-refractivity contribution in [3.8, 4) is 0 Å². The van der Waals surface area contributed by atoms with E-state index in [4.69, 9.17) is 4.74 Å². The van der Waals surface area contributed by atoms with Crippen molar-refractivity contribution in [3.05, 3.63) is 34.9 Å². The van der Waals surface area contributed by atoms with Crippen LogP contribution in [-0.4, -0.2) is 58.8 Å². The highest BCUT2D eigenvalue weighted by Crippen LogP contribution is 2.27. The van der Waals surface area contributed by atoms with Gasteiger partial charge in [0.15, 0.2) is 0 Å². The monoisotopic (exact) mass is 475 g/mol. The van der Waals surface area contributed by atoms with Crippen molar-refractivity contribution in [2.75, 3.05) is 13.2 Å². The van der Waals surface area contributed by atoms with Gasteiger partial charge in [0.1, 0.15) is 17.7 Å². The molecule has 0 heterocycles. The minimum Gasteiger partial charge on any atom is -0.444 e. The Balaban J connectivity index is 2.35. The summed E-state index contributed by atoms with van der Waals surface area (Å²) in [6.07, 6.45) is 4.35. The molecule has 2 rings (SSSR count).